The zero-order chi connectivity index (χ0) is 20.8. The van der Waals surface area contributed by atoms with Gasteiger partial charge in [-0.05, 0) is 55.2 Å². The number of carbonyl (C=O) groups excluding carboxylic acids is 2. The maximum atomic E-state index is 13.0. The van der Waals surface area contributed by atoms with Crippen molar-refractivity contribution in [1.29, 1.82) is 0 Å². The number of hydrogen-bond donors (Lipinski definition) is 2. The molecule has 2 aromatic carbocycles. The number of carbonyl (C=O) groups is 2. The third-order valence-corrected chi connectivity index (χ3v) is 5.26. The van der Waals surface area contributed by atoms with Gasteiger partial charge in [-0.1, -0.05) is 31.2 Å². The molecule has 1 saturated heterocycles. The molecule has 0 aliphatic carbocycles. The molecule has 0 aromatic heterocycles. The number of amides is 2. The van der Waals surface area contributed by atoms with Crippen LogP contribution >= 0.6 is 12.2 Å². The van der Waals surface area contributed by atoms with Gasteiger partial charge in [0, 0.05) is 13.1 Å². The number of benzene rings is 2. The summed E-state index contributed by atoms with van der Waals surface area (Å²) in [6.07, 6.45) is 2.02. The van der Waals surface area contributed by atoms with Gasteiger partial charge in [-0.2, -0.15) is 0 Å². The third-order valence-electron chi connectivity index (χ3n) is 5.06. The first-order valence-electron chi connectivity index (χ1n) is 9.63. The minimum atomic E-state index is -0.381. The van der Waals surface area contributed by atoms with Crippen LogP contribution in [0.5, 0.6) is 5.75 Å². The van der Waals surface area contributed by atoms with E-state index in [1.807, 2.05) is 17.0 Å². The molecular weight excluding hydrogens is 386 g/mol. The molecule has 0 radical (unpaired) electrons. The van der Waals surface area contributed by atoms with Crippen molar-refractivity contribution in [2.24, 2.45) is 5.92 Å². The van der Waals surface area contributed by atoms with E-state index in [0.717, 1.165) is 25.9 Å². The van der Waals surface area contributed by atoms with Gasteiger partial charge < -0.3 is 15.0 Å². The first kappa shape index (κ1) is 20.8. The monoisotopic (exact) mass is 411 g/mol. The van der Waals surface area contributed by atoms with Gasteiger partial charge in [-0.15, -0.1) is 0 Å². The molecule has 3 rings (SSSR count). The lowest BCUT2D eigenvalue weighted by atomic mass is 9.98. The molecule has 2 N–H and O–H groups in total. The molecule has 0 spiro atoms. The summed E-state index contributed by atoms with van der Waals surface area (Å²) in [4.78, 5) is 27.4. The zero-order valence-corrected chi connectivity index (χ0v) is 17.4. The molecule has 152 valence electrons. The number of ether oxygens (including phenoxy) is 1. The van der Waals surface area contributed by atoms with Gasteiger partial charge in [-0.3, -0.25) is 14.9 Å². The van der Waals surface area contributed by atoms with E-state index >= 15 is 0 Å². The second kappa shape index (κ2) is 9.52. The number of methoxy groups -OCH3 is 1. The van der Waals surface area contributed by atoms with Crippen LogP contribution in [0.25, 0.3) is 0 Å². The minimum absolute atomic E-state index is 0.0288. The van der Waals surface area contributed by atoms with Gasteiger partial charge in [0.25, 0.3) is 11.8 Å². The van der Waals surface area contributed by atoms with Gasteiger partial charge in [0.05, 0.1) is 23.9 Å². The lowest BCUT2D eigenvalue weighted by Gasteiger charge is -2.31. The van der Waals surface area contributed by atoms with Crippen molar-refractivity contribution in [3.8, 4) is 5.75 Å². The van der Waals surface area contributed by atoms with Gasteiger partial charge >= 0.3 is 0 Å². The summed E-state index contributed by atoms with van der Waals surface area (Å²) < 4.78 is 5.22. The van der Waals surface area contributed by atoms with Crippen molar-refractivity contribution in [1.82, 2.24) is 10.2 Å². The van der Waals surface area contributed by atoms with Crippen LogP contribution in [0.15, 0.2) is 48.5 Å². The van der Waals surface area contributed by atoms with Crippen LogP contribution in [0, 0.1) is 5.92 Å². The van der Waals surface area contributed by atoms with Crippen molar-refractivity contribution < 1.29 is 14.3 Å². The highest BCUT2D eigenvalue weighted by Gasteiger charge is 2.23. The summed E-state index contributed by atoms with van der Waals surface area (Å²) in [5.74, 6) is 0.695. The Labute approximate surface area is 176 Å². The number of hydrogen-bond acceptors (Lipinski definition) is 4. The van der Waals surface area contributed by atoms with Crippen LogP contribution < -0.4 is 15.4 Å². The number of nitrogens with zero attached hydrogens (tertiary/aromatic N) is 1. The molecule has 2 aromatic rings. The van der Waals surface area contributed by atoms with E-state index in [4.69, 9.17) is 17.0 Å². The highest BCUT2D eigenvalue weighted by molar-refractivity contribution is 7.80. The Hall–Kier alpha value is -2.93. The second-order valence-corrected chi connectivity index (χ2v) is 7.54. The predicted octanol–water partition coefficient (Wildman–Crippen LogP) is 3.69. The summed E-state index contributed by atoms with van der Waals surface area (Å²) in [6.45, 7) is 3.72. The normalized spacial score (nSPS) is 14.2. The van der Waals surface area contributed by atoms with Crippen LogP contribution in [0.4, 0.5) is 5.69 Å². The number of thiocarbonyl (C=S) groups is 1. The van der Waals surface area contributed by atoms with Crippen LogP contribution in [-0.4, -0.2) is 42.0 Å². The van der Waals surface area contributed by atoms with Crippen molar-refractivity contribution in [2.75, 3.05) is 25.5 Å². The summed E-state index contributed by atoms with van der Waals surface area (Å²) in [6, 6.07) is 14.1. The van der Waals surface area contributed by atoms with Crippen molar-refractivity contribution in [2.45, 2.75) is 19.8 Å². The Morgan fingerprint density at radius 2 is 1.66 bits per heavy atom. The molecule has 2 amide bonds. The van der Waals surface area contributed by atoms with Gasteiger partial charge in [0.2, 0.25) is 0 Å². The Morgan fingerprint density at radius 3 is 2.34 bits per heavy atom. The smallest absolute Gasteiger partial charge is 0.261 e. The summed E-state index contributed by atoms with van der Waals surface area (Å²) in [5, 5.41) is 5.75. The van der Waals surface area contributed by atoms with Crippen molar-refractivity contribution in [3.63, 3.8) is 0 Å². The number of rotatable bonds is 4. The number of piperidine rings is 1. The number of nitrogens with one attached hydrogen (secondary N) is 2. The van der Waals surface area contributed by atoms with E-state index in [2.05, 4.69) is 17.6 Å². The van der Waals surface area contributed by atoms with E-state index in [1.54, 1.807) is 36.4 Å². The fourth-order valence-electron chi connectivity index (χ4n) is 3.32. The van der Waals surface area contributed by atoms with Crippen molar-refractivity contribution in [3.05, 3.63) is 59.7 Å². The van der Waals surface area contributed by atoms with E-state index in [1.165, 1.54) is 7.11 Å². The molecule has 6 nitrogen and oxygen atoms in total. The topological polar surface area (TPSA) is 70.7 Å². The molecular formula is C22H25N3O3S. The molecule has 0 bridgehead atoms. The Kier molecular flexibility index (Phi) is 6.82. The van der Waals surface area contributed by atoms with Crippen LogP contribution in [0.3, 0.4) is 0 Å². The molecule has 0 saturated carbocycles. The van der Waals surface area contributed by atoms with Crippen molar-refractivity contribution >= 4 is 34.8 Å². The zero-order valence-electron chi connectivity index (χ0n) is 16.6. The Balaban J connectivity index is 1.69. The average Bonchev–Trinajstić information content (AvgIpc) is 2.74. The lowest BCUT2D eigenvalue weighted by Crippen LogP contribution is -2.39. The molecule has 1 aliphatic heterocycles. The van der Waals surface area contributed by atoms with E-state index in [9.17, 15) is 9.59 Å². The quantitative estimate of drug-likeness (QED) is 0.751. The predicted molar refractivity (Wildman–Crippen MR) is 117 cm³/mol. The molecule has 1 fully saturated rings. The number of anilines is 1. The SMILES string of the molecule is COc1ccccc1C(=O)NC(=S)Nc1ccccc1C(=O)N1CCC(C)CC1. The van der Waals surface area contributed by atoms with E-state index < -0.39 is 0 Å². The molecule has 7 heteroatoms. The maximum Gasteiger partial charge on any atom is 0.261 e. The van der Waals surface area contributed by atoms with Gasteiger partial charge in [-0.25, -0.2) is 0 Å². The largest absolute Gasteiger partial charge is 0.496 e. The van der Waals surface area contributed by atoms with Gasteiger partial charge in [0.15, 0.2) is 5.11 Å². The fraction of sp³-hybridized carbons (Fsp3) is 0.318. The van der Waals surface area contributed by atoms with Crippen LogP contribution in [0.2, 0.25) is 0 Å². The summed E-state index contributed by atoms with van der Waals surface area (Å²) in [7, 11) is 1.51. The van der Waals surface area contributed by atoms with E-state index in [-0.39, 0.29) is 16.9 Å². The highest BCUT2D eigenvalue weighted by Crippen LogP contribution is 2.22. The Bertz CT molecular complexity index is 908. The molecule has 1 heterocycles. The second-order valence-electron chi connectivity index (χ2n) is 7.13. The summed E-state index contributed by atoms with van der Waals surface area (Å²) >= 11 is 5.30. The minimum Gasteiger partial charge on any atom is -0.496 e. The maximum absolute atomic E-state index is 13.0. The van der Waals surface area contributed by atoms with Crippen LogP contribution in [0.1, 0.15) is 40.5 Å². The first-order valence-corrected chi connectivity index (χ1v) is 10.0. The average molecular weight is 412 g/mol. The van der Waals surface area contributed by atoms with Crippen LogP contribution in [-0.2, 0) is 0 Å². The first-order chi connectivity index (χ1) is 14.0. The van der Waals surface area contributed by atoms with E-state index in [0.29, 0.717) is 28.5 Å². The molecule has 1 aliphatic rings. The standard InChI is InChI=1S/C22H25N3O3S/c1-15-11-13-25(14-12-15)21(27)16-7-3-5-9-18(16)23-22(29)24-20(26)17-8-4-6-10-19(17)28-2/h3-10,15H,11-14H2,1-2H3,(H2,23,24,26,29). The highest BCUT2D eigenvalue weighted by atomic mass is 32.1. The number of para-hydroxylation sites is 2. The Morgan fingerprint density at radius 1 is 1.03 bits per heavy atom. The molecule has 29 heavy (non-hydrogen) atoms. The molecule has 0 unspecified atom stereocenters. The fourth-order valence-corrected chi connectivity index (χ4v) is 3.52. The summed E-state index contributed by atoms with van der Waals surface area (Å²) in [5.41, 5.74) is 1.49. The third kappa shape index (κ3) is 5.12. The number of likely N-dealkylation sites (tertiary alicyclic amines) is 1. The molecule has 0 atom stereocenters. The van der Waals surface area contributed by atoms with Gasteiger partial charge in [0.1, 0.15) is 5.75 Å². The lowest BCUT2D eigenvalue weighted by molar-refractivity contribution is 0.0698.